The van der Waals surface area contributed by atoms with E-state index in [1.165, 1.54) is 12.8 Å². The maximum absolute atomic E-state index is 11.8. The number of aliphatic imine (C=N–C) groups is 1. The fraction of sp³-hybridized carbons (Fsp3) is 0.647. The van der Waals surface area contributed by atoms with Crippen LogP contribution in [0.5, 0.6) is 0 Å². The first-order chi connectivity index (χ1) is 11.0. The topological polar surface area (TPSA) is 69.9 Å². The first kappa shape index (κ1) is 20.8. The van der Waals surface area contributed by atoms with E-state index in [2.05, 4.69) is 15.6 Å². The van der Waals surface area contributed by atoms with E-state index in [4.69, 9.17) is 4.42 Å². The van der Waals surface area contributed by atoms with Crippen molar-refractivity contribution in [2.45, 2.75) is 51.6 Å². The van der Waals surface area contributed by atoms with Gasteiger partial charge in [-0.1, -0.05) is 12.8 Å². The zero-order valence-electron chi connectivity index (χ0n) is 15.0. The molecule has 1 saturated carbocycles. The van der Waals surface area contributed by atoms with E-state index in [9.17, 15) is 4.79 Å². The molecule has 7 heteroatoms. The third-order valence-electron chi connectivity index (χ3n) is 4.11. The molecular formula is C17H29IN4O2. The Bertz CT molecular complexity index is 551. The number of rotatable bonds is 5. The number of carbonyl (C=O) groups excluding carboxylic acids is 1. The second kappa shape index (κ2) is 9.90. The molecule has 1 aliphatic rings. The lowest BCUT2D eigenvalue weighted by Crippen LogP contribution is -2.44. The lowest BCUT2D eigenvalue weighted by atomic mass is 10.2. The minimum atomic E-state index is -0.0148. The molecule has 1 aliphatic carbocycles. The first-order valence-corrected chi connectivity index (χ1v) is 8.29. The molecule has 1 aromatic heterocycles. The molecule has 6 nitrogen and oxygen atoms in total. The van der Waals surface area contributed by atoms with Gasteiger partial charge in [0.2, 0.25) is 5.91 Å². The minimum absolute atomic E-state index is 0. The summed E-state index contributed by atoms with van der Waals surface area (Å²) in [4.78, 5) is 17.8. The van der Waals surface area contributed by atoms with Gasteiger partial charge in [0.15, 0.2) is 5.96 Å². The van der Waals surface area contributed by atoms with Crippen LogP contribution in [-0.4, -0.2) is 43.4 Å². The van der Waals surface area contributed by atoms with Gasteiger partial charge in [0.05, 0.1) is 6.04 Å². The molecule has 1 heterocycles. The number of halogens is 1. The van der Waals surface area contributed by atoms with E-state index in [0.29, 0.717) is 12.0 Å². The van der Waals surface area contributed by atoms with Crippen molar-refractivity contribution in [2.24, 2.45) is 4.99 Å². The number of nitrogens with one attached hydrogen (secondary N) is 2. The van der Waals surface area contributed by atoms with Gasteiger partial charge in [-0.15, -0.1) is 24.0 Å². The molecule has 136 valence electrons. The van der Waals surface area contributed by atoms with Crippen LogP contribution in [0.1, 0.15) is 50.2 Å². The molecule has 1 fully saturated rings. The van der Waals surface area contributed by atoms with Crippen molar-refractivity contribution in [3.05, 3.63) is 23.7 Å². The number of aryl methyl sites for hydroxylation is 1. The molecule has 0 aliphatic heterocycles. The van der Waals surface area contributed by atoms with Crippen molar-refractivity contribution in [2.75, 3.05) is 20.6 Å². The van der Waals surface area contributed by atoms with E-state index in [0.717, 1.165) is 24.4 Å². The molecule has 2 rings (SSSR count). The van der Waals surface area contributed by atoms with Crippen LogP contribution < -0.4 is 10.6 Å². The van der Waals surface area contributed by atoms with E-state index in [1.54, 1.807) is 19.0 Å². The second-order valence-electron chi connectivity index (χ2n) is 6.39. The average Bonchev–Trinajstić information content (AvgIpc) is 3.15. The summed E-state index contributed by atoms with van der Waals surface area (Å²) in [7, 11) is 3.48. The molecule has 1 aromatic rings. The van der Waals surface area contributed by atoms with Crippen LogP contribution in [0.3, 0.4) is 0 Å². The Morgan fingerprint density at radius 1 is 1.38 bits per heavy atom. The highest BCUT2D eigenvalue weighted by Gasteiger charge is 2.18. The summed E-state index contributed by atoms with van der Waals surface area (Å²) < 4.78 is 5.66. The molecule has 2 N–H and O–H groups in total. The fourth-order valence-corrected chi connectivity index (χ4v) is 2.65. The Kier molecular flexibility index (Phi) is 8.58. The van der Waals surface area contributed by atoms with Crippen molar-refractivity contribution < 1.29 is 9.21 Å². The number of hydrogen-bond acceptors (Lipinski definition) is 3. The van der Waals surface area contributed by atoms with Gasteiger partial charge in [-0.2, -0.15) is 0 Å². The highest BCUT2D eigenvalue weighted by molar-refractivity contribution is 14.0. The molecule has 0 bridgehead atoms. The van der Waals surface area contributed by atoms with Crippen LogP contribution in [0.4, 0.5) is 0 Å². The van der Waals surface area contributed by atoms with E-state index in [1.807, 2.05) is 26.0 Å². The van der Waals surface area contributed by atoms with Gasteiger partial charge in [-0.25, -0.2) is 4.99 Å². The summed E-state index contributed by atoms with van der Waals surface area (Å²) in [6.07, 6.45) is 4.79. The summed E-state index contributed by atoms with van der Waals surface area (Å²) in [5.41, 5.74) is 0. The number of furan rings is 1. The average molecular weight is 448 g/mol. The maximum Gasteiger partial charge on any atom is 0.243 e. The molecule has 1 atom stereocenters. The standard InChI is InChI=1S/C17H28N4O2.HI/c1-12-9-10-15(23-12)13(2)19-17(18-11-16(22)21(3)4)20-14-7-5-6-8-14;/h9-10,13-14H,5-8,11H2,1-4H3,(H2,18,19,20);1H. The van der Waals surface area contributed by atoms with E-state index in [-0.39, 0.29) is 42.5 Å². The quantitative estimate of drug-likeness (QED) is 0.413. The van der Waals surface area contributed by atoms with Crippen molar-refractivity contribution in [3.8, 4) is 0 Å². The Hall–Kier alpha value is -1.25. The number of amides is 1. The Morgan fingerprint density at radius 3 is 2.58 bits per heavy atom. The van der Waals surface area contributed by atoms with Crippen molar-refractivity contribution >= 4 is 35.8 Å². The van der Waals surface area contributed by atoms with Crippen LogP contribution in [0.25, 0.3) is 0 Å². The summed E-state index contributed by atoms with van der Waals surface area (Å²) in [5.74, 6) is 2.41. The molecule has 0 spiro atoms. The third-order valence-corrected chi connectivity index (χ3v) is 4.11. The van der Waals surface area contributed by atoms with Gasteiger partial charge in [-0.05, 0) is 38.8 Å². The van der Waals surface area contributed by atoms with Crippen LogP contribution in [-0.2, 0) is 4.79 Å². The van der Waals surface area contributed by atoms with Crippen molar-refractivity contribution in [1.29, 1.82) is 0 Å². The van der Waals surface area contributed by atoms with Gasteiger partial charge in [0.1, 0.15) is 18.1 Å². The number of guanidine groups is 1. The van der Waals surface area contributed by atoms with Gasteiger partial charge in [0, 0.05) is 20.1 Å². The number of likely N-dealkylation sites (N-methyl/N-ethyl adjacent to an activating group) is 1. The fourth-order valence-electron chi connectivity index (χ4n) is 2.65. The highest BCUT2D eigenvalue weighted by Crippen LogP contribution is 2.18. The Balaban J connectivity index is 0.00000288. The normalized spacial score (nSPS) is 16.4. The second-order valence-corrected chi connectivity index (χ2v) is 6.39. The zero-order chi connectivity index (χ0) is 16.8. The van der Waals surface area contributed by atoms with E-state index < -0.39 is 0 Å². The summed E-state index contributed by atoms with van der Waals surface area (Å²) in [6, 6.07) is 4.34. The molecule has 0 radical (unpaired) electrons. The van der Waals surface area contributed by atoms with Crippen molar-refractivity contribution in [1.82, 2.24) is 15.5 Å². The van der Waals surface area contributed by atoms with Crippen molar-refractivity contribution in [3.63, 3.8) is 0 Å². The van der Waals surface area contributed by atoms with Gasteiger partial charge in [-0.3, -0.25) is 4.79 Å². The number of hydrogen-bond donors (Lipinski definition) is 2. The largest absolute Gasteiger partial charge is 0.464 e. The Labute approximate surface area is 161 Å². The molecule has 1 amide bonds. The van der Waals surface area contributed by atoms with Crippen LogP contribution in [0, 0.1) is 6.92 Å². The summed E-state index contributed by atoms with van der Waals surface area (Å²) >= 11 is 0. The lowest BCUT2D eigenvalue weighted by molar-refractivity contribution is -0.127. The SMILES string of the molecule is Cc1ccc(C(C)NC(=NCC(=O)N(C)C)NC2CCCC2)o1.I. The highest BCUT2D eigenvalue weighted by atomic mass is 127. The predicted octanol–water partition coefficient (Wildman–Crippen LogP) is 2.83. The van der Waals surface area contributed by atoms with Crippen LogP contribution >= 0.6 is 24.0 Å². The van der Waals surface area contributed by atoms with Gasteiger partial charge in [0.25, 0.3) is 0 Å². The summed E-state index contributed by atoms with van der Waals surface area (Å²) in [6.45, 7) is 4.09. The molecule has 0 aromatic carbocycles. The summed E-state index contributed by atoms with van der Waals surface area (Å²) in [5, 5.41) is 6.79. The van der Waals surface area contributed by atoms with Crippen LogP contribution in [0.15, 0.2) is 21.5 Å². The maximum atomic E-state index is 11.8. The third kappa shape index (κ3) is 6.33. The molecular weight excluding hydrogens is 419 g/mol. The van der Waals surface area contributed by atoms with Gasteiger partial charge >= 0.3 is 0 Å². The minimum Gasteiger partial charge on any atom is -0.464 e. The predicted molar refractivity (Wildman–Crippen MR) is 107 cm³/mol. The smallest absolute Gasteiger partial charge is 0.243 e. The zero-order valence-corrected chi connectivity index (χ0v) is 17.3. The molecule has 1 unspecified atom stereocenters. The molecule has 24 heavy (non-hydrogen) atoms. The first-order valence-electron chi connectivity index (χ1n) is 8.29. The number of nitrogens with zero attached hydrogens (tertiary/aromatic N) is 2. The van der Waals surface area contributed by atoms with Gasteiger partial charge < -0.3 is 20.0 Å². The lowest BCUT2D eigenvalue weighted by Gasteiger charge is -2.20. The van der Waals surface area contributed by atoms with E-state index >= 15 is 0 Å². The molecule has 0 saturated heterocycles. The number of carbonyl (C=O) groups is 1. The van der Waals surface area contributed by atoms with Crippen LogP contribution in [0.2, 0.25) is 0 Å². The Morgan fingerprint density at radius 2 is 2.04 bits per heavy atom. The monoisotopic (exact) mass is 448 g/mol.